The molecule has 0 unspecified atom stereocenters. The molecule has 0 amide bonds. The zero-order valence-electron chi connectivity index (χ0n) is 16.5. The van der Waals surface area contributed by atoms with E-state index in [0.717, 1.165) is 4.47 Å². The van der Waals surface area contributed by atoms with Crippen molar-refractivity contribution in [2.75, 3.05) is 0 Å². The first kappa shape index (κ1) is 17.5. The van der Waals surface area contributed by atoms with E-state index in [1.165, 1.54) is 58.4 Å². The molecule has 0 radical (unpaired) electrons. The number of hydrogen-bond acceptors (Lipinski definition) is 1. The highest BCUT2D eigenvalue weighted by Gasteiger charge is 2.17. The lowest BCUT2D eigenvalue weighted by atomic mass is 10.1. The quantitative estimate of drug-likeness (QED) is 0.222. The molecule has 0 atom stereocenters. The van der Waals surface area contributed by atoms with E-state index in [9.17, 15) is 0 Å². The van der Waals surface area contributed by atoms with Crippen molar-refractivity contribution in [1.82, 2.24) is 4.57 Å². The lowest BCUT2D eigenvalue weighted by Gasteiger charge is -2.11. The van der Waals surface area contributed by atoms with Crippen molar-refractivity contribution < 1.29 is 0 Å². The van der Waals surface area contributed by atoms with Gasteiger partial charge in [-0.1, -0.05) is 76.6 Å². The van der Waals surface area contributed by atoms with Crippen LogP contribution in [0.15, 0.2) is 102 Å². The third kappa shape index (κ3) is 2.42. The van der Waals surface area contributed by atoms with E-state index in [-0.39, 0.29) is 0 Å². The molecule has 1 nitrogen and oxygen atoms in total. The maximum atomic E-state index is 3.82. The summed E-state index contributed by atoms with van der Waals surface area (Å²) in [5.74, 6) is 0. The van der Waals surface area contributed by atoms with E-state index in [2.05, 4.69) is 118 Å². The van der Waals surface area contributed by atoms with E-state index in [4.69, 9.17) is 0 Å². The van der Waals surface area contributed by atoms with Crippen molar-refractivity contribution in [1.29, 1.82) is 0 Å². The van der Waals surface area contributed by atoms with Crippen molar-refractivity contribution in [3.8, 4) is 5.69 Å². The van der Waals surface area contributed by atoms with Gasteiger partial charge in [0.05, 0.1) is 11.0 Å². The van der Waals surface area contributed by atoms with Crippen LogP contribution in [-0.2, 0) is 0 Å². The molecule has 2 heterocycles. The highest BCUT2D eigenvalue weighted by atomic mass is 79.9. The Bertz CT molecular complexity index is 1810. The number of benzene rings is 5. The first-order chi connectivity index (χ1) is 15.3. The predicted octanol–water partition coefficient (Wildman–Crippen LogP) is 9.07. The van der Waals surface area contributed by atoms with Crippen LogP contribution >= 0.6 is 27.3 Å². The maximum Gasteiger partial charge on any atom is 0.0620 e. The van der Waals surface area contributed by atoms with Crippen LogP contribution in [0.3, 0.4) is 0 Å². The molecule has 0 bridgehead atoms. The number of hydrogen-bond donors (Lipinski definition) is 0. The fourth-order valence-electron chi connectivity index (χ4n) is 4.90. The molecule has 2 aromatic heterocycles. The molecule has 0 aliphatic carbocycles. The largest absolute Gasteiger partial charge is 0.309 e. The molecule has 0 saturated carbocycles. The van der Waals surface area contributed by atoms with Crippen LogP contribution < -0.4 is 0 Å². The minimum atomic E-state index is 1.14. The molecule has 146 valence electrons. The Morgan fingerprint density at radius 2 is 1.23 bits per heavy atom. The van der Waals surface area contributed by atoms with E-state index in [1.807, 2.05) is 11.3 Å². The van der Waals surface area contributed by atoms with Gasteiger partial charge in [-0.2, -0.15) is 0 Å². The van der Waals surface area contributed by atoms with Crippen LogP contribution in [0.5, 0.6) is 0 Å². The minimum absolute atomic E-state index is 1.14. The number of para-hydroxylation sites is 1. The average Bonchev–Trinajstić information content (AvgIpc) is 3.35. The third-order valence-corrected chi connectivity index (χ3v) is 8.05. The SMILES string of the molecule is Brc1cc2c3ccccc3n(-c3ccc4sc5ccccc5c4c3)c2c2ccccc12. The number of rotatable bonds is 1. The van der Waals surface area contributed by atoms with Crippen LogP contribution in [0.2, 0.25) is 0 Å². The van der Waals surface area contributed by atoms with Crippen LogP contribution in [0.1, 0.15) is 0 Å². The van der Waals surface area contributed by atoms with E-state index < -0.39 is 0 Å². The van der Waals surface area contributed by atoms with Crippen LogP contribution in [0, 0.1) is 0 Å². The molecule has 0 fully saturated rings. The van der Waals surface area contributed by atoms with E-state index in [0.29, 0.717) is 0 Å². The predicted molar refractivity (Wildman–Crippen MR) is 139 cm³/mol. The summed E-state index contributed by atoms with van der Waals surface area (Å²) < 4.78 is 6.24. The summed E-state index contributed by atoms with van der Waals surface area (Å²) in [6.07, 6.45) is 0. The van der Waals surface area contributed by atoms with Gasteiger partial charge in [-0.25, -0.2) is 0 Å². The van der Waals surface area contributed by atoms with E-state index >= 15 is 0 Å². The van der Waals surface area contributed by atoms with Crippen LogP contribution in [0.25, 0.3) is 58.4 Å². The Hall–Kier alpha value is -3.14. The van der Waals surface area contributed by atoms with Gasteiger partial charge in [0.25, 0.3) is 0 Å². The molecule has 7 aromatic rings. The second kappa shape index (κ2) is 6.43. The lowest BCUT2D eigenvalue weighted by molar-refractivity contribution is 1.19. The van der Waals surface area contributed by atoms with Crippen molar-refractivity contribution in [2.24, 2.45) is 0 Å². The smallest absolute Gasteiger partial charge is 0.0620 e. The second-order valence-electron chi connectivity index (χ2n) is 7.93. The fraction of sp³-hybridized carbons (Fsp3) is 0. The summed E-state index contributed by atoms with van der Waals surface area (Å²) in [4.78, 5) is 0. The van der Waals surface area contributed by atoms with Gasteiger partial charge >= 0.3 is 0 Å². The zero-order chi connectivity index (χ0) is 20.5. The van der Waals surface area contributed by atoms with Gasteiger partial charge in [-0.15, -0.1) is 11.3 Å². The van der Waals surface area contributed by atoms with Gasteiger partial charge in [0, 0.05) is 46.5 Å². The van der Waals surface area contributed by atoms with Crippen LogP contribution in [0.4, 0.5) is 0 Å². The van der Waals surface area contributed by atoms with Gasteiger partial charge in [-0.05, 0) is 41.8 Å². The van der Waals surface area contributed by atoms with Gasteiger partial charge in [0.1, 0.15) is 0 Å². The number of fused-ring (bicyclic) bond motifs is 8. The number of nitrogens with zero attached hydrogens (tertiary/aromatic N) is 1. The first-order valence-electron chi connectivity index (χ1n) is 10.3. The van der Waals surface area contributed by atoms with Crippen molar-refractivity contribution >= 4 is 80.0 Å². The third-order valence-electron chi connectivity index (χ3n) is 6.24. The molecule has 0 N–H and O–H groups in total. The number of aromatic nitrogens is 1. The van der Waals surface area contributed by atoms with Crippen molar-refractivity contribution in [3.63, 3.8) is 0 Å². The summed E-state index contributed by atoms with van der Waals surface area (Å²) in [6, 6.07) is 35.3. The van der Waals surface area contributed by atoms with Gasteiger partial charge in [0.15, 0.2) is 0 Å². The van der Waals surface area contributed by atoms with Gasteiger partial charge in [0.2, 0.25) is 0 Å². The molecule has 0 aliphatic rings. The molecular formula is C28H16BrNS. The van der Waals surface area contributed by atoms with E-state index in [1.54, 1.807) is 0 Å². The summed E-state index contributed by atoms with van der Waals surface area (Å²) in [5.41, 5.74) is 3.70. The maximum absolute atomic E-state index is 3.82. The second-order valence-corrected chi connectivity index (χ2v) is 9.87. The molecule has 5 aromatic carbocycles. The Labute approximate surface area is 191 Å². The molecule has 0 aliphatic heterocycles. The van der Waals surface area contributed by atoms with Crippen LogP contribution in [-0.4, -0.2) is 4.57 Å². The molecule has 3 heteroatoms. The first-order valence-corrected chi connectivity index (χ1v) is 11.9. The molecule has 0 spiro atoms. The van der Waals surface area contributed by atoms with Crippen molar-refractivity contribution in [2.45, 2.75) is 0 Å². The number of thiophene rings is 1. The fourth-order valence-corrected chi connectivity index (χ4v) is 6.56. The summed E-state index contributed by atoms with van der Waals surface area (Å²) >= 11 is 5.68. The number of halogens is 1. The Kier molecular flexibility index (Phi) is 3.64. The minimum Gasteiger partial charge on any atom is -0.309 e. The molecule has 7 rings (SSSR count). The lowest BCUT2D eigenvalue weighted by Crippen LogP contribution is -1.94. The standard InChI is InChI=1S/C28H16BrNS/c29-24-16-23-19-8-3-5-11-25(19)30(28(23)21-10-2-1-7-18(21)24)17-13-14-27-22(15-17)20-9-4-6-12-26(20)31-27/h1-16H. The Balaban J connectivity index is 1.69. The van der Waals surface area contributed by atoms with Gasteiger partial charge in [-0.3, -0.25) is 0 Å². The topological polar surface area (TPSA) is 4.93 Å². The van der Waals surface area contributed by atoms with Crippen molar-refractivity contribution in [3.05, 3.63) is 102 Å². The monoisotopic (exact) mass is 477 g/mol. The summed E-state index contributed by atoms with van der Waals surface area (Å²) in [6.45, 7) is 0. The normalized spacial score (nSPS) is 12.0. The van der Waals surface area contributed by atoms with Gasteiger partial charge < -0.3 is 4.57 Å². The highest BCUT2D eigenvalue weighted by molar-refractivity contribution is 9.10. The average molecular weight is 478 g/mol. The summed E-state index contributed by atoms with van der Waals surface area (Å²) in [5, 5.41) is 7.71. The summed E-state index contributed by atoms with van der Waals surface area (Å²) in [7, 11) is 0. The molecule has 0 saturated heterocycles. The zero-order valence-corrected chi connectivity index (χ0v) is 18.9. The molecular weight excluding hydrogens is 462 g/mol. The highest BCUT2D eigenvalue weighted by Crippen LogP contribution is 2.41. The Morgan fingerprint density at radius 1 is 0.548 bits per heavy atom. The Morgan fingerprint density at radius 3 is 2.10 bits per heavy atom. The molecule has 31 heavy (non-hydrogen) atoms.